The van der Waals surface area contributed by atoms with Crippen molar-refractivity contribution in [3.05, 3.63) is 90.0 Å². The van der Waals surface area contributed by atoms with Crippen molar-refractivity contribution in [2.45, 2.75) is 45.1 Å². The zero-order valence-electron chi connectivity index (χ0n) is 17.8. The number of piperidine rings is 1. The first kappa shape index (κ1) is 20.4. The molecule has 1 aliphatic heterocycles. The lowest BCUT2D eigenvalue weighted by molar-refractivity contribution is -0.132. The summed E-state index contributed by atoms with van der Waals surface area (Å²) < 4.78 is 2.28. The number of amides is 1. The Morgan fingerprint density at radius 3 is 2.17 bits per heavy atom. The Morgan fingerprint density at radius 1 is 1.00 bits per heavy atom. The maximum atomic E-state index is 13.2. The number of imidazole rings is 1. The second-order valence-corrected chi connectivity index (χ2v) is 8.25. The summed E-state index contributed by atoms with van der Waals surface area (Å²) in [5.74, 6) is 2.15. The minimum absolute atomic E-state index is 0.107. The quantitative estimate of drug-likeness (QED) is 0.564. The monoisotopic (exact) mass is 401 g/mol. The molecule has 1 saturated heterocycles. The van der Waals surface area contributed by atoms with Gasteiger partial charge in [0.2, 0.25) is 5.91 Å². The highest BCUT2D eigenvalue weighted by molar-refractivity contribution is 5.78. The summed E-state index contributed by atoms with van der Waals surface area (Å²) in [6.45, 7) is 4.88. The largest absolute Gasteiger partial charge is 0.343 e. The van der Waals surface area contributed by atoms with Crippen molar-refractivity contribution in [1.82, 2.24) is 14.5 Å². The molecule has 1 aromatic heterocycles. The van der Waals surface area contributed by atoms with Gasteiger partial charge in [0, 0.05) is 50.8 Å². The van der Waals surface area contributed by atoms with E-state index in [2.05, 4.69) is 76.1 Å². The van der Waals surface area contributed by atoms with Crippen LogP contribution in [0.4, 0.5) is 0 Å². The minimum atomic E-state index is 0.107. The van der Waals surface area contributed by atoms with Crippen LogP contribution in [0.15, 0.2) is 73.1 Å². The van der Waals surface area contributed by atoms with E-state index in [1.165, 1.54) is 11.1 Å². The van der Waals surface area contributed by atoms with E-state index < -0.39 is 0 Å². The van der Waals surface area contributed by atoms with Crippen LogP contribution >= 0.6 is 0 Å². The molecule has 1 amide bonds. The number of aromatic nitrogens is 2. The van der Waals surface area contributed by atoms with Gasteiger partial charge in [-0.3, -0.25) is 4.79 Å². The molecule has 1 fully saturated rings. The molecule has 0 radical (unpaired) electrons. The number of likely N-dealkylation sites (tertiary alicyclic amines) is 1. The number of rotatable bonds is 7. The zero-order chi connectivity index (χ0) is 20.8. The second kappa shape index (κ2) is 9.75. The predicted molar refractivity (Wildman–Crippen MR) is 120 cm³/mol. The Balaban J connectivity index is 1.38. The van der Waals surface area contributed by atoms with E-state index in [9.17, 15) is 4.79 Å². The first-order chi connectivity index (χ1) is 14.7. The molecule has 0 saturated carbocycles. The second-order valence-electron chi connectivity index (χ2n) is 8.25. The summed E-state index contributed by atoms with van der Waals surface area (Å²) in [5.41, 5.74) is 2.42. The molecule has 30 heavy (non-hydrogen) atoms. The van der Waals surface area contributed by atoms with Gasteiger partial charge in [0.05, 0.1) is 0 Å². The topological polar surface area (TPSA) is 38.1 Å². The van der Waals surface area contributed by atoms with Crippen LogP contribution < -0.4 is 0 Å². The fraction of sp³-hybridized carbons (Fsp3) is 0.385. The van der Waals surface area contributed by atoms with Crippen molar-refractivity contribution in [1.29, 1.82) is 0 Å². The van der Waals surface area contributed by atoms with E-state index in [1.807, 2.05) is 18.3 Å². The van der Waals surface area contributed by atoms with Crippen molar-refractivity contribution in [2.24, 2.45) is 5.92 Å². The molecule has 0 N–H and O–H groups in total. The highest BCUT2D eigenvalue weighted by atomic mass is 16.2. The molecule has 4 nitrogen and oxygen atoms in total. The first-order valence-electron chi connectivity index (χ1n) is 11.1. The number of nitrogens with zero attached hydrogens (tertiary/aromatic N) is 3. The number of carbonyl (C=O) groups excluding carboxylic acids is 1. The predicted octanol–water partition coefficient (Wildman–Crippen LogP) is 4.91. The normalized spacial score (nSPS) is 14.9. The van der Waals surface area contributed by atoms with Crippen LogP contribution in [-0.2, 0) is 17.8 Å². The minimum Gasteiger partial charge on any atom is -0.343 e. The summed E-state index contributed by atoms with van der Waals surface area (Å²) in [5, 5.41) is 0. The number of carbonyl (C=O) groups is 1. The molecular weight excluding hydrogens is 370 g/mol. The first-order valence-corrected chi connectivity index (χ1v) is 11.1. The van der Waals surface area contributed by atoms with Gasteiger partial charge in [-0.05, 0) is 29.9 Å². The van der Waals surface area contributed by atoms with Gasteiger partial charge < -0.3 is 9.47 Å². The van der Waals surface area contributed by atoms with Gasteiger partial charge >= 0.3 is 0 Å². The summed E-state index contributed by atoms with van der Waals surface area (Å²) in [7, 11) is 0. The summed E-state index contributed by atoms with van der Waals surface area (Å²) in [4.78, 5) is 19.7. The van der Waals surface area contributed by atoms with Crippen molar-refractivity contribution in [3.63, 3.8) is 0 Å². The Bertz CT molecular complexity index is 888. The number of hydrogen-bond acceptors (Lipinski definition) is 2. The third kappa shape index (κ3) is 4.81. The Hall–Kier alpha value is -2.88. The van der Waals surface area contributed by atoms with E-state index in [4.69, 9.17) is 0 Å². The maximum Gasteiger partial charge on any atom is 0.223 e. The van der Waals surface area contributed by atoms with E-state index in [1.54, 1.807) is 0 Å². The van der Waals surface area contributed by atoms with Crippen LogP contribution in [0.1, 0.15) is 49.1 Å². The Kier molecular flexibility index (Phi) is 6.63. The standard InChI is InChI=1S/C26H31N3O/c1-2-25-27-15-18-29(25)20-21-13-16-28(17-14-21)26(30)19-24(22-9-5-3-6-10-22)23-11-7-4-8-12-23/h3-12,15,18,21,24H,2,13-14,16-17,19-20H2,1H3. The van der Waals surface area contributed by atoms with Crippen LogP contribution in [0.2, 0.25) is 0 Å². The molecule has 0 atom stereocenters. The average Bonchev–Trinajstić information content (AvgIpc) is 3.26. The van der Waals surface area contributed by atoms with E-state index in [0.717, 1.165) is 44.7 Å². The van der Waals surface area contributed by atoms with Gasteiger partial charge in [0.15, 0.2) is 0 Å². The fourth-order valence-electron chi connectivity index (χ4n) is 4.57. The van der Waals surface area contributed by atoms with Gasteiger partial charge in [-0.15, -0.1) is 0 Å². The van der Waals surface area contributed by atoms with Crippen molar-refractivity contribution in [3.8, 4) is 0 Å². The maximum absolute atomic E-state index is 13.2. The lowest BCUT2D eigenvalue weighted by atomic mass is 9.87. The molecule has 0 unspecified atom stereocenters. The smallest absolute Gasteiger partial charge is 0.223 e. The van der Waals surface area contributed by atoms with Gasteiger partial charge in [0.1, 0.15) is 5.82 Å². The molecular formula is C26H31N3O. The van der Waals surface area contributed by atoms with Crippen molar-refractivity contribution in [2.75, 3.05) is 13.1 Å². The van der Waals surface area contributed by atoms with E-state index >= 15 is 0 Å². The SMILES string of the molecule is CCc1nccn1CC1CCN(C(=O)CC(c2ccccc2)c2ccccc2)CC1. The lowest BCUT2D eigenvalue weighted by Gasteiger charge is -2.33. The highest BCUT2D eigenvalue weighted by Crippen LogP contribution is 2.29. The van der Waals surface area contributed by atoms with Crippen LogP contribution in [0.5, 0.6) is 0 Å². The van der Waals surface area contributed by atoms with Crippen LogP contribution in [0.3, 0.4) is 0 Å². The molecule has 1 aliphatic rings. The third-order valence-electron chi connectivity index (χ3n) is 6.32. The number of benzene rings is 2. The highest BCUT2D eigenvalue weighted by Gasteiger charge is 2.26. The van der Waals surface area contributed by atoms with Crippen molar-refractivity contribution >= 4 is 5.91 Å². The third-order valence-corrected chi connectivity index (χ3v) is 6.32. The van der Waals surface area contributed by atoms with Crippen LogP contribution in [0, 0.1) is 5.92 Å². The summed E-state index contributed by atoms with van der Waals surface area (Å²) in [6, 6.07) is 20.8. The average molecular weight is 402 g/mol. The van der Waals surface area contributed by atoms with E-state index in [-0.39, 0.29) is 11.8 Å². The molecule has 0 spiro atoms. The molecule has 2 heterocycles. The summed E-state index contributed by atoms with van der Waals surface area (Å²) >= 11 is 0. The molecule has 0 bridgehead atoms. The van der Waals surface area contributed by atoms with Gasteiger partial charge in [0.25, 0.3) is 0 Å². The van der Waals surface area contributed by atoms with Crippen molar-refractivity contribution < 1.29 is 4.79 Å². The van der Waals surface area contributed by atoms with Gasteiger partial charge in [-0.2, -0.15) is 0 Å². The molecule has 4 rings (SSSR count). The molecule has 2 aromatic carbocycles. The molecule has 0 aliphatic carbocycles. The van der Waals surface area contributed by atoms with Crippen LogP contribution in [0.25, 0.3) is 0 Å². The number of hydrogen-bond donors (Lipinski definition) is 0. The zero-order valence-corrected chi connectivity index (χ0v) is 17.8. The summed E-state index contributed by atoms with van der Waals surface area (Å²) in [6.07, 6.45) is 7.60. The fourth-order valence-corrected chi connectivity index (χ4v) is 4.57. The van der Waals surface area contributed by atoms with Crippen LogP contribution in [-0.4, -0.2) is 33.4 Å². The number of aryl methyl sites for hydroxylation is 1. The van der Waals surface area contributed by atoms with Gasteiger partial charge in [-0.25, -0.2) is 4.98 Å². The Labute approximate surface area is 179 Å². The molecule has 4 heteroatoms. The van der Waals surface area contributed by atoms with E-state index in [0.29, 0.717) is 12.3 Å². The lowest BCUT2D eigenvalue weighted by Crippen LogP contribution is -2.40. The Morgan fingerprint density at radius 2 is 1.60 bits per heavy atom. The molecule has 156 valence electrons. The molecule has 3 aromatic rings. The van der Waals surface area contributed by atoms with Gasteiger partial charge in [-0.1, -0.05) is 67.6 Å².